The Morgan fingerprint density at radius 3 is 2.63 bits per heavy atom. The van der Waals surface area contributed by atoms with Gasteiger partial charge in [0.2, 0.25) is 0 Å². The van der Waals surface area contributed by atoms with Crippen molar-refractivity contribution in [2.75, 3.05) is 33.2 Å². The van der Waals surface area contributed by atoms with Gasteiger partial charge < -0.3 is 9.32 Å². The Morgan fingerprint density at radius 2 is 1.89 bits per heavy atom. The van der Waals surface area contributed by atoms with Gasteiger partial charge in [0.05, 0.1) is 5.71 Å². The van der Waals surface area contributed by atoms with Gasteiger partial charge >= 0.3 is 0 Å². The summed E-state index contributed by atoms with van der Waals surface area (Å²) >= 11 is 0. The monoisotopic (exact) mass is 257 g/mol. The fourth-order valence-corrected chi connectivity index (χ4v) is 2.32. The number of benzene rings is 1. The summed E-state index contributed by atoms with van der Waals surface area (Å²) in [6, 6.07) is 10.1. The molecule has 4 nitrogen and oxygen atoms in total. The Balaban J connectivity index is 1.80. The molecule has 2 aromatic rings. The first-order chi connectivity index (χ1) is 9.22. The molecule has 1 aliphatic rings. The van der Waals surface area contributed by atoms with E-state index < -0.39 is 0 Å². The third-order valence-electron chi connectivity index (χ3n) is 3.55. The van der Waals surface area contributed by atoms with Crippen molar-refractivity contribution in [3.63, 3.8) is 0 Å². The molecular formula is C15H19N3O. The fourth-order valence-electron chi connectivity index (χ4n) is 2.32. The van der Waals surface area contributed by atoms with Crippen molar-refractivity contribution in [2.24, 2.45) is 5.10 Å². The average Bonchev–Trinajstić information content (AvgIpc) is 2.85. The summed E-state index contributed by atoms with van der Waals surface area (Å²) in [7, 11) is 2.15. The molecule has 0 aliphatic carbocycles. The van der Waals surface area contributed by atoms with Gasteiger partial charge in [0.1, 0.15) is 5.58 Å². The smallest absolute Gasteiger partial charge is 0.151 e. The van der Waals surface area contributed by atoms with Crippen molar-refractivity contribution in [3.05, 3.63) is 36.1 Å². The van der Waals surface area contributed by atoms with E-state index in [1.165, 1.54) is 0 Å². The van der Waals surface area contributed by atoms with E-state index in [0.29, 0.717) is 0 Å². The summed E-state index contributed by atoms with van der Waals surface area (Å²) in [6.45, 7) is 6.10. The molecule has 2 heterocycles. The Labute approximate surface area is 113 Å². The second kappa shape index (κ2) is 5.05. The first-order valence-electron chi connectivity index (χ1n) is 6.70. The minimum Gasteiger partial charge on any atom is -0.455 e. The van der Waals surface area contributed by atoms with Crippen molar-refractivity contribution in [2.45, 2.75) is 6.92 Å². The van der Waals surface area contributed by atoms with Crippen LogP contribution >= 0.6 is 0 Å². The van der Waals surface area contributed by atoms with Crippen LogP contribution in [0.15, 0.2) is 39.9 Å². The van der Waals surface area contributed by atoms with Crippen molar-refractivity contribution in [1.29, 1.82) is 0 Å². The largest absolute Gasteiger partial charge is 0.455 e. The van der Waals surface area contributed by atoms with E-state index in [0.717, 1.165) is 48.6 Å². The van der Waals surface area contributed by atoms with E-state index in [9.17, 15) is 0 Å². The normalized spacial score (nSPS) is 18.2. The van der Waals surface area contributed by atoms with Crippen LogP contribution in [0.2, 0.25) is 0 Å². The lowest BCUT2D eigenvalue weighted by Crippen LogP contribution is -2.42. The van der Waals surface area contributed by atoms with E-state index in [-0.39, 0.29) is 0 Å². The van der Waals surface area contributed by atoms with Crippen LogP contribution in [0.3, 0.4) is 0 Å². The standard InChI is InChI=1S/C15H19N3O/c1-12(16-18-9-7-17(2)8-10-18)15-11-13-5-3-4-6-14(13)19-15/h3-6,11H,7-10H2,1-2H3/b16-12-. The van der Waals surface area contributed by atoms with Gasteiger partial charge in [-0.3, -0.25) is 5.01 Å². The minimum atomic E-state index is 0.861. The summed E-state index contributed by atoms with van der Waals surface area (Å²) < 4.78 is 5.82. The number of fused-ring (bicyclic) bond motifs is 1. The third kappa shape index (κ3) is 2.63. The lowest BCUT2D eigenvalue weighted by atomic mass is 10.2. The minimum absolute atomic E-state index is 0.861. The van der Waals surface area contributed by atoms with Crippen LogP contribution in [0.25, 0.3) is 11.0 Å². The lowest BCUT2D eigenvalue weighted by molar-refractivity contribution is 0.159. The number of likely N-dealkylation sites (N-methyl/N-ethyl adjacent to an activating group) is 1. The number of nitrogens with zero attached hydrogens (tertiary/aromatic N) is 3. The average molecular weight is 257 g/mol. The van der Waals surface area contributed by atoms with Gasteiger partial charge in [0.25, 0.3) is 0 Å². The summed E-state index contributed by atoms with van der Waals surface area (Å²) in [4.78, 5) is 2.32. The Hall–Kier alpha value is -1.81. The number of hydrogen-bond acceptors (Lipinski definition) is 4. The number of hydrogen-bond donors (Lipinski definition) is 0. The number of piperazine rings is 1. The van der Waals surface area contributed by atoms with Crippen LogP contribution in [-0.4, -0.2) is 48.8 Å². The summed E-state index contributed by atoms with van der Waals surface area (Å²) in [6.07, 6.45) is 0. The number of para-hydroxylation sites is 1. The van der Waals surface area contributed by atoms with Crippen molar-refractivity contribution in [3.8, 4) is 0 Å². The van der Waals surface area contributed by atoms with Gasteiger partial charge in [-0.1, -0.05) is 18.2 Å². The molecule has 1 aromatic carbocycles. The van der Waals surface area contributed by atoms with E-state index in [1.54, 1.807) is 0 Å². The third-order valence-corrected chi connectivity index (χ3v) is 3.55. The highest BCUT2D eigenvalue weighted by molar-refractivity contribution is 5.99. The Bertz CT molecular complexity index is 561. The van der Waals surface area contributed by atoms with Crippen LogP contribution in [0, 0.1) is 0 Å². The molecule has 0 bridgehead atoms. The molecule has 1 saturated heterocycles. The maximum atomic E-state index is 5.82. The Kier molecular flexibility index (Phi) is 3.25. The summed E-state index contributed by atoms with van der Waals surface area (Å²) in [5.41, 5.74) is 1.87. The molecule has 0 radical (unpaired) electrons. The molecule has 0 amide bonds. The first kappa shape index (κ1) is 12.2. The summed E-state index contributed by atoms with van der Waals surface area (Å²) in [5.74, 6) is 0.861. The molecule has 0 spiro atoms. The second-order valence-electron chi connectivity index (χ2n) is 5.09. The molecule has 0 atom stereocenters. The summed E-state index contributed by atoms with van der Waals surface area (Å²) in [5, 5.41) is 7.92. The maximum absolute atomic E-state index is 5.82. The molecule has 1 aliphatic heterocycles. The van der Waals surface area contributed by atoms with Crippen molar-refractivity contribution < 1.29 is 4.42 Å². The highest BCUT2D eigenvalue weighted by Gasteiger charge is 2.13. The van der Waals surface area contributed by atoms with Crippen LogP contribution in [0.5, 0.6) is 0 Å². The van der Waals surface area contributed by atoms with Gasteiger partial charge in [-0.25, -0.2) is 0 Å². The molecule has 4 heteroatoms. The highest BCUT2D eigenvalue weighted by atomic mass is 16.3. The Morgan fingerprint density at radius 1 is 1.16 bits per heavy atom. The molecule has 1 fully saturated rings. The topological polar surface area (TPSA) is 32.0 Å². The van der Waals surface area contributed by atoms with E-state index in [1.807, 2.05) is 25.1 Å². The van der Waals surface area contributed by atoms with Crippen LogP contribution in [0.4, 0.5) is 0 Å². The molecular weight excluding hydrogens is 238 g/mol. The van der Waals surface area contributed by atoms with Gasteiger partial charge in [-0.05, 0) is 26.1 Å². The lowest BCUT2D eigenvalue weighted by Gasteiger charge is -2.30. The SMILES string of the molecule is C/C(=N/N1CCN(C)CC1)c1cc2ccccc2o1. The zero-order valence-corrected chi connectivity index (χ0v) is 11.5. The molecule has 1 aromatic heterocycles. The number of hydrazone groups is 1. The van der Waals surface area contributed by atoms with Crippen LogP contribution < -0.4 is 0 Å². The number of rotatable bonds is 2. The second-order valence-corrected chi connectivity index (χ2v) is 5.09. The predicted molar refractivity (Wildman–Crippen MR) is 77.5 cm³/mol. The van der Waals surface area contributed by atoms with Crippen molar-refractivity contribution in [1.82, 2.24) is 9.91 Å². The zero-order chi connectivity index (χ0) is 13.2. The maximum Gasteiger partial charge on any atom is 0.151 e. The van der Waals surface area contributed by atoms with Gasteiger partial charge in [0, 0.05) is 31.6 Å². The molecule has 0 N–H and O–H groups in total. The predicted octanol–water partition coefficient (Wildman–Crippen LogP) is 2.40. The van der Waals surface area contributed by atoms with Crippen LogP contribution in [-0.2, 0) is 0 Å². The van der Waals surface area contributed by atoms with Crippen molar-refractivity contribution >= 4 is 16.7 Å². The van der Waals surface area contributed by atoms with Crippen LogP contribution in [0.1, 0.15) is 12.7 Å². The van der Waals surface area contributed by atoms with Gasteiger partial charge in [0.15, 0.2) is 5.76 Å². The molecule has 0 unspecified atom stereocenters. The molecule has 19 heavy (non-hydrogen) atoms. The van der Waals surface area contributed by atoms with E-state index in [2.05, 4.69) is 34.2 Å². The first-order valence-corrected chi connectivity index (χ1v) is 6.70. The quantitative estimate of drug-likeness (QED) is 0.774. The molecule has 3 rings (SSSR count). The molecule has 0 saturated carbocycles. The zero-order valence-electron chi connectivity index (χ0n) is 11.5. The van der Waals surface area contributed by atoms with E-state index >= 15 is 0 Å². The van der Waals surface area contributed by atoms with E-state index in [4.69, 9.17) is 4.42 Å². The van der Waals surface area contributed by atoms with Gasteiger partial charge in [-0.15, -0.1) is 0 Å². The number of furan rings is 1. The molecule has 100 valence electrons. The fraction of sp³-hybridized carbons (Fsp3) is 0.400. The highest BCUT2D eigenvalue weighted by Crippen LogP contribution is 2.19. The van der Waals surface area contributed by atoms with Gasteiger partial charge in [-0.2, -0.15) is 5.10 Å².